The summed E-state index contributed by atoms with van der Waals surface area (Å²) in [6, 6.07) is 42.3. The van der Waals surface area contributed by atoms with Gasteiger partial charge in [0.25, 0.3) is 0 Å². The van der Waals surface area contributed by atoms with E-state index in [2.05, 4.69) is 135 Å². The molecule has 0 amide bonds. The summed E-state index contributed by atoms with van der Waals surface area (Å²) in [6.45, 7) is 4.58. The summed E-state index contributed by atoms with van der Waals surface area (Å²) < 4.78 is 0. The van der Waals surface area contributed by atoms with E-state index in [9.17, 15) is 10.3 Å². The summed E-state index contributed by atoms with van der Waals surface area (Å²) in [5.74, 6) is 0. The first-order valence-electron chi connectivity index (χ1n) is 25.0. The first-order valence-corrected chi connectivity index (χ1v) is 29.0. The normalized spacial score (nSPS) is 11.3. The molecule has 0 aliphatic heterocycles. The lowest BCUT2D eigenvalue weighted by atomic mass is 10.0. The average Bonchev–Trinajstić information content (AvgIpc) is 3.30. The van der Waals surface area contributed by atoms with Crippen LogP contribution in [0.3, 0.4) is 0 Å². The second-order valence-electron chi connectivity index (χ2n) is 17.6. The number of rotatable bonds is 34. The van der Waals surface area contributed by atoms with Crippen LogP contribution in [-0.2, 0) is 0 Å². The third-order valence-corrected chi connectivity index (χ3v) is 19.2. The summed E-state index contributed by atoms with van der Waals surface area (Å²) in [4.78, 5) is 0. The van der Waals surface area contributed by atoms with Gasteiger partial charge in [-0.15, -0.1) is 24.8 Å². The summed E-state index contributed by atoms with van der Waals surface area (Å²) in [5.41, 5.74) is 0. The molecule has 0 bridgehead atoms. The molecular weight excluding hydrogens is 833 g/mol. The topological polar surface area (TPSA) is 47.7 Å². The van der Waals surface area contributed by atoms with Crippen LogP contribution in [0.5, 0.6) is 0 Å². The summed E-state index contributed by atoms with van der Waals surface area (Å²) in [6.07, 6.45) is 40.8. The van der Waals surface area contributed by atoms with Crippen molar-refractivity contribution in [2.24, 2.45) is 0 Å². The Morgan fingerprint density at radius 3 is 0.597 bits per heavy atom. The highest BCUT2D eigenvalue weighted by atomic mass is 35.5. The van der Waals surface area contributed by atoms with E-state index in [0.717, 1.165) is 12.3 Å². The Labute approximate surface area is 395 Å². The first kappa shape index (κ1) is 57.9. The molecule has 62 heavy (non-hydrogen) atoms. The van der Waals surface area contributed by atoms with Crippen molar-refractivity contribution in [2.75, 3.05) is 12.3 Å². The molecule has 348 valence electrons. The Balaban J connectivity index is 0.000000601. The first-order chi connectivity index (χ1) is 29.5. The van der Waals surface area contributed by atoms with Gasteiger partial charge in [0.1, 0.15) is 0 Å². The van der Waals surface area contributed by atoms with Gasteiger partial charge in [0.15, 0.2) is 0 Å². The molecule has 0 heterocycles. The van der Waals surface area contributed by atoms with Gasteiger partial charge in [0.2, 0.25) is 0 Å². The minimum Gasteiger partial charge on any atom is -0.309 e. The SMILES string of the molecule is CCCCCCCCCCCCCCCCP(=N)(c1ccccc1)c1ccccc1.CCCCCCCCCCCCCCCCP(=N)(c1ccccc1)c1ccccc1.Cl.Cl. The van der Waals surface area contributed by atoms with Crippen LogP contribution >= 0.6 is 38.9 Å². The maximum absolute atomic E-state index is 9.38. The van der Waals surface area contributed by atoms with Gasteiger partial charge < -0.3 is 10.3 Å². The monoisotopic (exact) mass is 923 g/mol. The number of halogens is 2. The van der Waals surface area contributed by atoms with E-state index >= 15 is 0 Å². The third-order valence-electron chi connectivity index (χ3n) is 12.5. The molecule has 0 fully saturated rings. The van der Waals surface area contributed by atoms with Crippen LogP contribution < -0.4 is 21.2 Å². The molecule has 0 radical (unpaired) electrons. The van der Waals surface area contributed by atoms with Crippen molar-refractivity contribution in [2.45, 2.75) is 194 Å². The molecule has 4 aromatic rings. The molecule has 2 nitrogen and oxygen atoms in total. The second kappa shape index (κ2) is 38.2. The lowest BCUT2D eigenvalue weighted by Crippen LogP contribution is -2.18. The Morgan fingerprint density at radius 1 is 0.258 bits per heavy atom. The lowest BCUT2D eigenvalue weighted by Gasteiger charge is -2.23. The number of benzene rings is 4. The van der Waals surface area contributed by atoms with Gasteiger partial charge >= 0.3 is 0 Å². The van der Waals surface area contributed by atoms with E-state index in [1.807, 2.05) is 0 Å². The molecule has 6 heteroatoms. The van der Waals surface area contributed by atoms with Gasteiger partial charge in [-0.1, -0.05) is 302 Å². The van der Waals surface area contributed by atoms with Crippen molar-refractivity contribution in [3.63, 3.8) is 0 Å². The van der Waals surface area contributed by atoms with Gasteiger partial charge in [-0.3, -0.25) is 0 Å². The number of nitrogens with one attached hydrogen (secondary N) is 2. The average molecular weight is 924 g/mol. The fourth-order valence-electron chi connectivity index (χ4n) is 8.63. The van der Waals surface area contributed by atoms with E-state index in [4.69, 9.17) is 0 Å². The maximum Gasteiger partial charge on any atom is 0.0237 e. The molecule has 2 N–H and O–H groups in total. The predicted molar refractivity (Wildman–Crippen MR) is 288 cm³/mol. The van der Waals surface area contributed by atoms with Crippen LogP contribution in [0.2, 0.25) is 0 Å². The van der Waals surface area contributed by atoms with Gasteiger partial charge in [0, 0.05) is 14.1 Å². The largest absolute Gasteiger partial charge is 0.309 e. The smallest absolute Gasteiger partial charge is 0.0237 e. The molecular formula is C56H90Cl2N2P2. The van der Waals surface area contributed by atoms with Crippen molar-refractivity contribution in [1.29, 1.82) is 10.3 Å². The van der Waals surface area contributed by atoms with Crippen molar-refractivity contribution >= 4 is 60.1 Å². The molecule has 0 spiro atoms. The van der Waals surface area contributed by atoms with Gasteiger partial charge in [0.05, 0.1) is 0 Å². The zero-order chi connectivity index (χ0) is 42.7. The molecule has 0 aliphatic rings. The number of hydrogen-bond acceptors (Lipinski definition) is 2. The molecule has 0 atom stereocenters. The lowest BCUT2D eigenvalue weighted by molar-refractivity contribution is 0.538. The number of unbranched alkanes of at least 4 members (excludes halogenated alkanes) is 26. The summed E-state index contributed by atoms with van der Waals surface area (Å²) in [5, 5.41) is 23.7. The van der Waals surface area contributed by atoms with Gasteiger partial charge in [-0.25, -0.2) is 0 Å². The Kier molecular flexibility index (Phi) is 35.7. The predicted octanol–water partition coefficient (Wildman–Crippen LogP) is 18.6. The molecule has 4 aromatic carbocycles. The third kappa shape index (κ3) is 24.3. The quantitative estimate of drug-likeness (QED) is 0.0346. The van der Waals surface area contributed by atoms with Crippen LogP contribution in [0.1, 0.15) is 194 Å². The zero-order valence-corrected chi connectivity index (χ0v) is 42.9. The van der Waals surface area contributed by atoms with Crippen LogP contribution in [0.4, 0.5) is 0 Å². The van der Waals surface area contributed by atoms with Crippen LogP contribution in [0, 0.1) is 10.3 Å². The molecule has 0 aromatic heterocycles. The van der Waals surface area contributed by atoms with Crippen LogP contribution in [-0.4, -0.2) is 12.3 Å². The van der Waals surface area contributed by atoms with Crippen molar-refractivity contribution in [1.82, 2.24) is 0 Å². The van der Waals surface area contributed by atoms with E-state index in [1.165, 1.54) is 201 Å². The zero-order valence-electron chi connectivity index (χ0n) is 39.5. The highest BCUT2D eigenvalue weighted by molar-refractivity contribution is 7.80. The number of hydrogen-bond donors (Lipinski definition) is 2. The standard InChI is InChI=1S/2C28H44NP.2ClH/c2*1-2-3-4-5-6-7-8-9-10-11-12-13-14-21-26-30(29,27-22-17-15-18-23-27)28-24-19-16-20-25-28;;/h2*15-20,22-25,29H,2-14,21,26H2,1H3;2*1H. The van der Waals surface area contributed by atoms with Crippen molar-refractivity contribution in [3.05, 3.63) is 121 Å². The van der Waals surface area contributed by atoms with Gasteiger partial charge in [-0.05, 0) is 46.4 Å². The molecule has 0 saturated heterocycles. The van der Waals surface area contributed by atoms with E-state index < -0.39 is 14.1 Å². The highest BCUT2D eigenvalue weighted by Gasteiger charge is 2.22. The second-order valence-corrected chi connectivity index (χ2v) is 23.8. The van der Waals surface area contributed by atoms with Crippen molar-refractivity contribution < 1.29 is 0 Å². The summed E-state index contributed by atoms with van der Waals surface area (Å²) in [7, 11) is -4.02. The fourth-order valence-corrected chi connectivity index (χ4v) is 14.4. The highest BCUT2D eigenvalue weighted by Crippen LogP contribution is 2.46. The van der Waals surface area contributed by atoms with E-state index in [-0.39, 0.29) is 24.8 Å². The molecule has 0 unspecified atom stereocenters. The summed E-state index contributed by atoms with van der Waals surface area (Å²) >= 11 is 0. The van der Waals surface area contributed by atoms with Gasteiger partial charge in [-0.2, -0.15) is 0 Å². The minimum absolute atomic E-state index is 0. The fraction of sp³-hybridized carbons (Fsp3) is 0.571. The Hall–Kier alpha value is -2.08. The Bertz CT molecular complexity index is 1440. The van der Waals surface area contributed by atoms with Crippen LogP contribution in [0.25, 0.3) is 0 Å². The molecule has 0 saturated carbocycles. The Morgan fingerprint density at radius 2 is 0.419 bits per heavy atom. The molecule has 0 aliphatic carbocycles. The minimum atomic E-state index is -2.01. The van der Waals surface area contributed by atoms with E-state index in [0.29, 0.717) is 0 Å². The van der Waals surface area contributed by atoms with Crippen molar-refractivity contribution in [3.8, 4) is 0 Å². The molecule has 4 rings (SSSR count). The van der Waals surface area contributed by atoms with E-state index in [1.54, 1.807) is 0 Å². The maximum atomic E-state index is 9.38. The van der Waals surface area contributed by atoms with Crippen LogP contribution in [0.15, 0.2) is 121 Å².